The molecule has 4 nitrogen and oxygen atoms in total. The van der Waals surface area contributed by atoms with Crippen molar-refractivity contribution in [3.63, 3.8) is 0 Å². The fourth-order valence-electron chi connectivity index (χ4n) is 1.41. The number of rotatable bonds is 2. The Labute approximate surface area is 121 Å². The average Bonchev–Trinajstić information content (AvgIpc) is 2.37. The Bertz CT molecular complexity index is 631. The third-order valence-corrected chi connectivity index (χ3v) is 3.25. The normalized spacial score (nSPS) is 10.3. The Kier molecular flexibility index (Phi) is 4.01. The first-order valence-corrected chi connectivity index (χ1v) is 6.33. The molecule has 0 atom stereocenters. The van der Waals surface area contributed by atoms with Gasteiger partial charge in [0.25, 0.3) is 5.91 Å². The van der Waals surface area contributed by atoms with E-state index >= 15 is 0 Å². The van der Waals surface area contributed by atoms with Crippen LogP contribution in [-0.4, -0.2) is 10.9 Å². The zero-order valence-corrected chi connectivity index (χ0v) is 11.8. The lowest BCUT2D eigenvalue weighted by Crippen LogP contribution is -2.16. The second-order valence-corrected chi connectivity index (χ2v) is 4.88. The van der Waals surface area contributed by atoms with Crippen molar-refractivity contribution in [3.05, 3.63) is 51.3 Å². The van der Waals surface area contributed by atoms with Gasteiger partial charge in [0, 0.05) is 4.47 Å². The number of amides is 1. The molecule has 0 aliphatic heterocycles. The minimum Gasteiger partial charge on any atom is -0.384 e. The second-order valence-electron chi connectivity index (χ2n) is 3.62. The number of hydrogen-bond donors (Lipinski definition) is 2. The second kappa shape index (κ2) is 5.54. The molecular weight excluding hydrogens is 337 g/mol. The van der Waals surface area contributed by atoms with E-state index in [2.05, 4.69) is 26.2 Å². The van der Waals surface area contributed by atoms with Gasteiger partial charge in [0.1, 0.15) is 17.3 Å². The number of nitrogens with one attached hydrogen (secondary N) is 1. The highest BCUT2D eigenvalue weighted by Gasteiger charge is 2.16. The molecule has 7 heteroatoms. The Balaban J connectivity index is 2.34. The van der Waals surface area contributed by atoms with Gasteiger partial charge in [-0.25, -0.2) is 9.37 Å². The summed E-state index contributed by atoms with van der Waals surface area (Å²) < 4.78 is 14.0. The highest BCUT2D eigenvalue weighted by molar-refractivity contribution is 9.10. The number of carbonyl (C=O) groups excluding carboxylic acids is 1. The number of pyridine rings is 1. The maximum atomic E-state index is 13.6. The Morgan fingerprint density at radius 3 is 2.79 bits per heavy atom. The van der Waals surface area contributed by atoms with Crippen molar-refractivity contribution < 1.29 is 9.18 Å². The molecule has 3 N–H and O–H groups in total. The largest absolute Gasteiger partial charge is 0.384 e. The van der Waals surface area contributed by atoms with Crippen molar-refractivity contribution >= 4 is 44.9 Å². The van der Waals surface area contributed by atoms with Gasteiger partial charge in [0.2, 0.25) is 0 Å². The van der Waals surface area contributed by atoms with Gasteiger partial charge in [-0.1, -0.05) is 17.7 Å². The third kappa shape index (κ3) is 3.02. The van der Waals surface area contributed by atoms with Gasteiger partial charge in [-0.05, 0) is 40.2 Å². The van der Waals surface area contributed by atoms with E-state index in [4.69, 9.17) is 17.3 Å². The minimum absolute atomic E-state index is 0.0211. The summed E-state index contributed by atoms with van der Waals surface area (Å²) in [5, 5.41) is 2.54. The van der Waals surface area contributed by atoms with Gasteiger partial charge in [0.05, 0.1) is 10.7 Å². The van der Waals surface area contributed by atoms with Crippen LogP contribution in [0.5, 0.6) is 0 Å². The van der Waals surface area contributed by atoms with Gasteiger partial charge in [-0.15, -0.1) is 0 Å². The number of anilines is 2. The van der Waals surface area contributed by atoms with E-state index in [0.717, 1.165) is 0 Å². The lowest BCUT2D eigenvalue weighted by molar-refractivity contribution is 0.102. The lowest BCUT2D eigenvalue weighted by Gasteiger charge is -2.09. The summed E-state index contributed by atoms with van der Waals surface area (Å²) in [5.74, 6) is -1.05. The lowest BCUT2D eigenvalue weighted by atomic mass is 10.2. The van der Waals surface area contributed by atoms with Gasteiger partial charge >= 0.3 is 0 Å². The molecular formula is C12H8BrClFN3O. The summed E-state index contributed by atoms with van der Waals surface area (Å²) in [5.41, 5.74) is 5.45. The highest BCUT2D eigenvalue weighted by atomic mass is 79.9. The van der Waals surface area contributed by atoms with Gasteiger partial charge in [0.15, 0.2) is 0 Å². The molecule has 1 amide bonds. The SMILES string of the molecule is Nc1ccc(Cl)c(C(=O)Nc2c(F)cccc2Br)n1. The summed E-state index contributed by atoms with van der Waals surface area (Å²) >= 11 is 9.00. The van der Waals surface area contributed by atoms with Crippen molar-refractivity contribution in [2.75, 3.05) is 11.1 Å². The Morgan fingerprint density at radius 1 is 1.37 bits per heavy atom. The number of hydrogen-bond acceptors (Lipinski definition) is 3. The fourth-order valence-corrected chi connectivity index (χ4v) is 2.04. The van der Waals surface area contributed by atoms with E-state index in [1.54, 1.807) is 6.07 Å². The summed E-state index contributed by atoms with van der Waals surface area (Å²) in [7, 11) is 0. The van der Waals surface area contributed by atoms with Crippen molar-refractivity contribution in [1.29, 1.82) is 0 Å². The van der Waals surface area contributed by atoms with Crippen LogP contribution in [0.4, 0.5) is 15.9 Å². The van der Waals surface area contributed by atoms with Crippen LogP contribution in [0.2, 0.25) is 5.02 Å². The number of nitrogen functional groups attached to an aromatic ring is 1. The molecule has 0 aliphatic rings. The smallest absolute Gasteiger partial charge is 0.276 e. The molecule has 1 aromatic carbocycles. The van der Waals surface area contributed by atoms with Gasteiger partial charge < -0.3 is 11.1 Å². The standard InChI is InChI=1S/C12H8BrClFN3O/c13-6-2-1-3-8(15)10(6)18-12(19)11-7(14)4-5-9(16)17-11/h1-5H,(H2,16,17)(H,18,19). The first-order valence-electron chi connectivity index (χ1n) is 5.16. The molecule has 0 aliphatic carbocycles. The summed E-state index contributed by atoms with van der Waals surface area (Å²) in [6.07, 6.45) is 0. The molecule has 19 heavy (non-hydrogen) atoms. The zero-order chi connectivity index (χ0) is 14.0. The summed E-state index contributed by atoms with van der Waals surface area (Å²) in [6, 6.07) is 7.27. The maximum Gasteiger partial charge on any atom is 0.276 e. The first-order chi connectivity index (χ1) is 8.99. The summed E-state index contributed by atoms with van der Waals surface area (Å²) in [6.45, 7) is 0. The number of aromatic nitrogens is 1. The van der Waals surface area contributed by atoms with Gasteiger partial charge in [-0.2, -0.15) is 0 Å². The highest BCUT2D eigenvalue weighted by Crippen LogP contribution is 2.26. The molecule has 0 saturated heterocycles. The zero-order valence-electron chi connectivity index (χ0n) is 9.45. The predicted molar refractivity (Wildman–Crippen MR) is 75.7 cm³/mol. The predicted octanol–water partition coefficient (Wildman–Crippen LogP) is 3.47. The monoisotopic (exact) mass is 343 g/mol. The summed E-state index contributed by atoms with van der Waals surface area (Å²) in [4.78, 5) is 15.8. The minimum atomic E-state index is -0.636. The molecule has 98 valence electrons. The number of nitrogens with zero attached hydrogens (tertiary/aromatic N) is 1. The molecule has 0 saturated carbocycles. The maximum absolute atomic E-state index is 13.6. The number of halogens is 3. The van der Waals surface area contributed by atoms with Crippen LogP contribution < -0.4 is 11.1 Å². The van der Waals surface area contributed by atoms with Crippen LogP contribution in [-0.2, 0) is 0 Å². The van der Waals surface area contributed by atoms with E-state index in [1.807, 2.05) is 0 Å². The van der Waals surface area contributed by atoms with Crippen LogP contribution in [0.3, 0.4) is 0 Å². The van der Waals surface area contributed by atoms with Crippen molar-refractivity contribution in [3.8, 4) is 0 Å². The van der Waals surface area contributed by atoms with E-state index in [0.29, 0.717) is 4.47 Å². The van der Waals surface area contributed by atoms with Crippen LogP contribution in [0, 0.1) is 5.82 Å². The molecule has 2 aromatic rings. The molecule has 0 radical (unpaired) electrons. The molecule has 1 heterocycles. The fraction of sp³-hybridized carbons (Fsp3) is 0. The van der Waals surface area contributed by atoms with Crippen LogP contribution in [0.1, 0.15) is 10.5 Å². The van der Waals surface area contributed by atoms with Crippen LogP contribution >= 0.6 is 27.5 Å². The van der Waals surface area contributed by atoms with Crippen molar-refractivity contribution in [1.82, 2.24) is 4.98 Å². The van der Waals surface area contributed by atoms with E-state index < -0.39 is 11.7 Å². The molecule has 0 spiro atoms. The number of para-hydroxylation sites is 1. The Hall–Kier alpha value is -1.66. The Morgan fingerprint density at radius 2 is 2.11 bits per heavy atom. The van der Waals surface area contributed by atoms with Crippen LogP contribution in [0.25, 0.3) is 0 Å². The topological polar surface area (TPSA) is 68.0 Å². The number of nitrogens with two attached hydrogens (primary N) is 1. The third-order valence-electron chi connectivity index (χ3n) is 2.28. The van der Waals surface area contributed by atoms with Crippen LogP contribution in [0.15, 0.2) is 34.8 Å². The van der Waals surface area contributed by atoms with E-state index in [9.17, 15) is 9.18 Å². The molecule has 0 fully saturated rings. The number of carbonyl (C=O) groups is 1. The van der Waals surface area contributed by atoms with Crippen molar-refractivity contribution in [2.45, 2.75) is 0 Å². The molecule has 1 aromatic heterocycles. The van der Waals surface area contributed by atoms with Crippen molar-refractivity contribution in [2.24, 2.45) is 0 Å². The van der Waals surface area contributed by atoms with E-state index in [1.165, 1.54) is 24.3 Å². The number of benzene rings is 1. The average molecular weight is 345 g/mol. The molecule has 2 rings (SSSR count). The first kappa shape index (κ1) is 13.8. The molecule has 0 bridgehead atoms. The van der Waals surface area contributed by atoms with Gasteiger partial charge in [-0.3, -0.25) is 4.79 Å². The van der Waals surface area contributed by atoms with E-state index in [-0.39, 0.29) is 22.2 Å². The quantitative estimate of drug-likeness (QED) is 0.876. The molecule has 0 unspecified atom stereocenters.